The molecule has 1 aliphatic carbocycles. The first kappa shape index (κ1) is 11.7. The number of benzene rings is 1. The average Bonchev–Trinajstić information content (AvgIpc) is 2.76. The summed E-state index contributed by atoms with van der Waals surface area (Å²) in [5.41, 5.74) is 1.01. The summed E-state index contributed by atoms with van der Waals surface area (Å²) in [5, 5.41) is 10.2. The minimum atomic E-state index is 0.291. The van der Waals surface area contributed by atoms with Crippen LogP contribution < -0.4 is 0 Å². The molecular formula is C13H18ClNO. The highest BCUT2D eigenvalue weighted by molar-refractivity contribution is 6.31. The molecule has 0 radical (unpaired) electrons. The molecule has 0 saturated heterocycles. The molecular weight excluding hydrogens is 222 g/mol. The van der Waals surface area contributed by atoms with Crippen LogP contribution in [-0.2, 0) is 6.54 Å². The topological polar surface area (TPSA) is 23.5 Å². The Hall–Kier alpha value is -0.730. The third-order valence-corrected chi connectivity index (χ3v) is 3.77. The van der Waals surface area contributed by atoms with Crippen LogP contribution in [0.4, 0.5) is 0 Å². The van der Waals surface area contributed by atoms with Crippen molar-refractivity contribution in [3.63, 3.8) is 0 Å². The predicted octanol–water partition coefficient (Wildman–Crippen LogP) is 3.42. The third-order valence-electron chi connectivity index (χ3n) is 3.40. The first-order valence-electron chi connectivity index (χ1n) is 5.84. The van der Waals surface area contributed by atoms with Crippen LogP contribution >= 0.6 is 11.6 Å². The van der Waals surface area contributed by atoms with Crippen molar-refractivity contribution in [2.75, 3.05) is 7.05 Å². The molecule has 1 aromatic rings. The van der Waals surface area contributed by atoms with Gasteiger partial charge in [-0.1, -0.05) is 24.4 Å². The minimum absolute atomic E-state index is 0.291. The van der Waals surface area contributed by atoms with Crippen LogP contribution in [-0.4, -0.2) is 23.1 Å². The van der Waals surface area contributed by atoms with Crippen LogP contribution in [0.3, 0.4) is 0 Å². The van der Waals surface area contributed by atoms with Gasteiger partial charge < -0.3 is 5.11 Å². The van der Waals surface area contributed by atoms with E-state index < -0.39 is 0 Å². The van der Waals surface area contributed by atoms with E-state index in [1.165, 1.54) is 25.7 Å². The van der Waals surface area contributed by atoms with E-state index in [1.807, 2.05) is 0 Å². The van der Waals surface area contributed by atoms with Crippen LogP contribution in [0, 0.1) is 0 Å². The fraction of sp³-hybridized carbons (Fsp3) is 0.538. The van der Waals surface area contributed by atoms with E-state index in [1.54, 1.807) is 18.2 Å². The molecule has 2 rings (SSSR count). The van der Waals surface area contributed by atoms with Crippen LogP contribution in [0.25, 0.3) is 0 Å². The number of nitrogens with zero attached hydrogens (tertiary/aromatic N) is 1. The van der Waals surface area contributed by atoms with Crippen molar-refractivity contribution in [2.45, 2.75) is 38.3 Å². The summed E-state index contributed by atoms with van der Waals surface area (Å²) < 4.78 is 0. The van der Waals surface area contributed by atoms with Crippen molar-refractivity contribution in [3.8, 4) is 5.75 Å². The Kier molecular flexibility index (Phi) is 3.72. The number of phenols is 1. The molecule has 0 unspecified atom stereocenters. The normalized spacial score (nSPS) is 17.2. The van der Waals surface area contributed by atoms with E-state index in [4.69, 9.17) is 11.6 Å². The quantitative estimate of drug-likeness (QED) is 0.874. The first-order chi connectivity index (χ1) is 7.66. The Labute approximate surface area is 102 Å². The van der Waals surface area contributed by atoms with E-state index in [2.05, 4.69) is 11.9 Å². The maximum atomic E-state index is 9.44. The highest BCUT2D eigenvalue weighted by atomic mass is 35.5. The van der Waals surface area contributed by atoms with Crippen LogP contribution in [0.5, 0.6) is 5.75 Å². The zero-order valence-corrected chi connectivity index (χ0v) is 10.4. The Bertz CT molecular complexity index is 361. The van der Waals surface area contributed by atoms with E-state index in [9.17, 15) is 5.11 Å². The number of halogens is 1. The number of hydrogen-bond donors (Lipinski definition) is 1. The highest BCUT2D eigenvalue weighted by Crippen LogP contribution is 2.27. The monoisotopic (exact) mass is 239 g/mol. The SMILES string of the molecule is CN(Cc1cc(O)ccc1Cl)C1CCCC1. The maximum absolute atomic E-state index is 9.44. The van der Waals surface area contributed by atoms with Crippen molar-refractivity contribution in [1.29, 1.82) is 0 Å². The Balaban J connectivity index is 2.04. The zero-order chi connectivity index (χ0) is 11.5. The third kappa shape index (κ3) is 2.69. The largest absolute Gasteiger partial charge is 0.508 e. The summed E-state index contributed by atoms with van der Waals surface area (Å²) in [6.45, 7) is 0.817. The number of rotatable bonds is 3. The van der Waals surface area contributed by atoms with Gasteiger partial charge in [0.25, 0.3) is 0 Å². The lowest BCUT2D eigenvalue weighted by Gasteiger charge is -2.24. The molecule has 1 fully saturated rings. The summed E-state index contributed by atoms with van der Waals surface area (Å²) in [7, 11) is 2.14. The molecule has 0 aliphatic heterocycles. The zero-order valence-electron chi connectivity index (χ0n) is 9.62. The second-order valence-electron chi connectivity index (χ2n) is 4.63. The average molecular weight is 240 g/mol. The van der Waals surface area contributed by atoms with E-state index in [-0.39, 0.29) is 0 Å². The summed E-state index contributed by atoms with van der Waals surface area (Å²) in [5.74, 6) is 0.291. The smallest absolute Gasteiger partial charge is 0.116 e. The predicted molar refractivity (Wildman–Crippen MR) is 66.8 cm³/mol. The van der Waals surface area contributed by atoms with E-state index >= 15 is 0 Å². The van der Waals surface area contributed by atoms with Crippen molar-refractivity contribution in [3.05, 3.63) is 28.8 Å². The summed E-state index contributed by atoms with van der Waals surface area (Å²) in [6, 6.07) is 5.82. The van der Waals surface area contributed by atoms with Crippen LogP contribution in [0.15, 0.2) is 18.2 Å². The van der Waals surface area contributed by atoms with Crippen molar-refractivity contribution in [1.82, 2.24) is 4.90 Å². The molecule has 3 heteroatoms. The number of hydrogen-bond acceptors (Lipinski definition) is 2. The molecule has 1 saturated carbocycles. The molecule has 1 aromatic carbocycles. The molecule has 0 bridgehead atoms. The lowest BCUT2D eigenvalue weighted by molar-refractivity contribution is 0.237. The Morgan fingerprint density at radius 3 is 2.75 bits per heavy atom. The van der Waals surface area contributed by atoms with Gasteiger partial charge in [0.15, 0.2) is 0 Å². The second-order valence-corrected chi connectivity index (χ2v) is 5.04. The van der Waals surface area contributed by atoms with Crippen molar-refractivity contribution < 1.29 is 5.11 Å². The van der Waals surface area contributed by atoms with Gasteiger partial charge in [0.1, 0.15) is 5.75 Å². The molecule has 0 aromatic heterocycles. The fourth-order valence-electron chi connectivity index (χ4n) is 2.43. The summed E-state index contributed by atoms with van der Waals surface area (Å²) >= 11 is 6.11. The fourth-order valence-corrected chi connectivity index (χ4v) is 2.60. The van der Waals surface area contributed by atoms with Gasteiger partial charge >= 0.3 is 0 Å². The van der Waals surface area contributed by atoms with E-state index in [0.29, 0.717) is 11.8 Å². The van der Waals surface area contributed by atoms with Gasteiger partial charge in [-0.05, 0) is 43.7 Å². The Morgan fingerprint density at radius 1 is 1.38 bits per heavy atom. The number of aromatic hydroxyl groups is 1. The molecule has 1 aliphatic rings. The second kappa shape index (κ2) is 5.07. The molecule has 0 atom stereocenters. The highest BCUT2D eigenvalue weighted by Gasteiger charge is 2.20. The van der Waals surface area contributed by atoms with Crippen molar-refractivity contribution >= 4 is 11.6 Å². The lowest BCUT2D eigenvalue weighted by Crippen LogP contribution is -2.28. The molecule has 0 heterocycles. The Morgan fingerprint density at radius 2 is 2.06 bits per heavy atom. The van der Waals surface area contributed by atoms with Gasteiger partial charge in [-0.2, -0.15) is 0 Å². The molecule has 1 N–H and O–H groups in total. The van der Waals surface area contributed by atoms with Gasteiger partial charge in [0.05, 0.1) is 0 Å². The van der Waals surface area contributed by atoms with Gasteiger partial charge in [-0.25, -0.2) is 0 Å². The molecule has 2 nitrogen and oxygen atoms in total. The standard InChI is InChI=1S/C13H18ClNO/c1-15(11-4-2-3-5-11)9-10-8-12(16)6-7-13(10)14/h6-8,11,16H,2-5,9H2,1H3. The van der Waals surface area contributed by atoms with Crippen LogP contribution in [0.1, 0.15) is 31.2 Å². The summed E-state index contributed by atoms with van der Waals surface area (Å²) in [6.07, 6.45) is 5.24. The first-order valence-corrected chi connectivity index (χ1v) is 6.22. The van der Waals surface area contributed by atoms with Gasteiger partial charge in [0, 0.05) is 17.6 Å². The molecule has 88 valence electrons. The number of phenolic OH excluding ortho intramolecular Hbond substituents is 1. The lowest BCUT2D eigenvalue weighted by atomic mass is 10.1. The van der Waals surface area contributed by atoms with E-state index in [0.717, 1.165) is 17.1 Å². The van der Waals surface area contributed by atoms with Gasteiger partial charge in [-0.15, -0.1) is 0 Å². The molecule has 0 spiro atoms. The molecule has 0 amide bonds. The van der Waals surface area contributed by atoms with Gasteiger partial charge in [0.2, 0.25) is 0 Å². The minimum Gasteiger partial charge on any atom is -0.508 e. The molecule has 16 heavy (non-hydrogen) atoms. The summed E-state index contributed by atoms with van der Waals surface area (Å²) in [4.78, 5) is 2.34. The van der Waals surface area contributed by atoms with Crippen LogP contribution in [0.2, 0.25) is 5.02 Å². The maximum Gasteiger partial charge on any atom is 0.116 e. The van der Waals surface area contributed by atoms with Gasteiger partial charge in [-0.3, -0.25) is 4.90 Å². The van der Waals surface area contributed by atoms with Crippen molar-refractivity contribution in [2.24, 2.45) is 0 Å².